The molecule has 1 atom stereocenters. The average Bonchev–Trinajstić information content (AvgIpc) is 2.55. The summed E-state index contributed by atoms with van der Waals surface area (Å²) in [5.41, 5.74) is 3.63. The van der Waals surface area contributed by atoms with Crippen molar-refractivity contribution >= 4 is 5.91 Å². The molecule has 0 heterocycles. The lowest BCUT2D eigenvalue weighted by molar-refractivity contribution is 0.0911. The predicted octanol–water partition coefficient (Wildman–Crippen LogP) is 3.77. The minimum Gasteiger partial charge on any atom is -0.343 e. The largest absolute Gasteiger partial charge is 0.343 e. The molecule has 0 fully saturated rings. The molecule has 0 bridgehead atoms. The van der Waals surface area contributed by atoms with E-state index in [4.69, 9.17) is 0 Å². The monoisotopic (exact) mass is 310 g/mol. The molecule has 0 aliphatic heterocycles. The van der Waals surface area contributed by atoms with E-state index in [1.807, 2.05) is 69.4 Å². The zero-order chi connectivity index (χ0) is 17.0. The van der Waals surface area contributed by atoms with Gasteiger partial charge >= 0.3 is 0 Å². The summed E-state index contributed by atoms with van der Waals surface area (Å²) in [6.45, 7) is 8.15. The first-order valence-corrected chi connectivity index (χ1v) is 7.97. The van der Waals surface area contributed by atoms with Gasteiger partial charge in [-0.25, -0.2) is 0 Å². The number of hydrogen-bond acceptors (Lipinski definition) is 2. The molecule has 2 rings (SSSR count). The molecule has 2 N–H and O–H groups in total. The number of benzene rings is 2. The van der Waals surface area contributed by atoms with Crippen molar-refractivity contribution in [2.24, 2.45) is 0 Å². The van der Waals surface area contributed by atoms with Crippen LogP contribution < -0.4 is 10.6 Å². The first kappa shape index (κ1) is 17.2. The molecule has 3 heteroatoms. The third-order valence-electron chi connectivity index (χ3n) is 4.41. The van der Waals surface area contributed by atoms with Crippen LogP contribution in [0.2, 0.25) is 0 Å². The number of aryl methyl sites for hydroxylation is 2. The summed E-state index contributed by atoms with van der Waals surface area (Å²) in [5, 5.41) is 6.52. The molecule has 122 valence electrons. The first-order valence-electron chi connectivity index (χ1n) is 7.97. The van der Waals surface area contributed by atoms with Crippen molar-refractivity contribution in [1.82, 2.24) is 10.6 Å². The number of carbonyl (C=O) groups is 1. The van der Waals surface area contributed by atoms with Gasteiger partial charge in [0.05, 0.1) is 6.04 Å². The second-order valence-corrected chi connectivity index (χ2v) is 6.61. The highest BCUT2D eigenvalue weighted by Crippen LogP contribution is 2.26. The molecular formula is C20H26N2O. The summed E-state index contributed by atoms with van der Waals surface area (Å²) in [7, 11) is 1.92. The van der Waals surface area contributed by atoms with Crippen molar-refractivity contribution in [3.63, 3.8) is 0 Å². The molecule has 0 aliphatic rings. The summed E-state index contributed by atoms with van der Waals surface area (Å²) >= 11 is 0. The lowest BCUT2D eigenvalue weighted by Gasteiger charge is -2.35. The molecule has 2 aromatic carbocycles. The van der Waals surface area contributed by atoms with Gasteiger partial charge < -0.3 is 10.6 Å². The van der Waals surface area contributed by atoms with Gasteiger partial charge in [0.25, 0.3) is 5.91 Å². The van der Waals surface area contributed by atoms with Gasteiger partial charge in [0.1, 0.15) is 0 Å². The number of hydrogen-bond donors (Lipinski definition) is 2. The molecule has 23 heavy (non-hydrogen) atoms. The molecule has 0 saturated heterocycles. The maximum absolute atomic E-state index is 12.8. The van der Waals surface area contributed by atoms with Crippen molar-refractivity contribution in [1.29, 1.82) is 0 Å². The molecule has 3 nitrogen and oxygen atoms in total. The fraction of sp³-hybridized carbons (Fsp3) is 0.350. The molecule has 0 aromatic heterocycles. The van der Waals surface area contributed by atoms with Crippen LogP contribution in [-0.2, 0) is 0 Å². The second-order valence-electron chi connectivity index (χ2n) is 6.61. The molecule has 1 unspecified atom stereocenters. The Morgan fingerprint density at radius 1 is 1.04 bits per heavy atom. The van der Waals surface area contributed by atoms with Crippen molar-refractivity contribution in [3.8, 4) is 0 Å². The van der Waals surface area contributed by atoms with Gasteiger partial charge in [-0.3, -0.25) is 4.79 Å². The summed E-state index contributed by atoms with van der Waals surface area (Å²) in [6.07, 6.45) is 0. The zero-order valence-electron chi connectivity index (χ0n) is 14.6. The van der Waals surface area contributed by atoms with Crippen LogP contribution in [0.3, 0.4) is 0 Å². The third-order valence-corrected chi connectivity index (χ3v) is 4.41. The maximum atomic E-state index is 12.8. The SMILES string of the molecule is CNC(C)(C)C(NC(=O)c1cc(C)ccc1C)c1ccccc1. The topological polar surface area (TPSA) is 41.1 Å². The number of likely N-dealkylation sites (N-methyl/N-ethyl adjacent to an activating group) is 1. The molecule has 0 aliphatic carbocycles. The summed E-state index contributed by atoms with van der Waals surface area (Å²) in [6, 6.07) is 15.9. The van der Waals surface area contributed by atoms with Crippen LogP contribution in [0.1, 0.15) is 46.9 Å². The van der Waals surface area contributed by atoms with E-state index in [9.17, 15) is 4.79 Å². The third kappa shape index (κ3) is 3.99. The average molecular weight is 310 g/mol. The lowest BCUT2D eigenvalue weighted by Crippen LogP contribution is -2.50. The predicted molar refractivity (Wildman–Crippen MR) is 95.7 cm³/mol. The Labute approximate surface area is 139 Å². The molecule has 0 radical (unpaired) electrons. The van der Waals surface area contributed by atoms with Crippen LogP contribution >= 0.6 is 0 Å². The van der Waals surface area contributed by atoms with E-state index < -0.39 is 0 Å². The standard InChI is InChI=1S/C20H26N2O/c1-14-11-12-15(2)17(13-14)19(23)22-18(20(3,4)21-5)16-9-7-6-8-10-16/h6-13,18,21H,1-5H3,(H,22,23). The van der Waals surface area contributed by atoms with Crippen molar-refractivity contribution in [2.75, 3.05) is 7.05 Å². The fourth-order valence-corrected chi connectivity index (χ4v) is 2.66. The fourth-order valence-electron chi connectivity index (χ4n) is 2.66. The van der Waals surface area contributed by atoms with E-state index in [1.165, 1.54) is 0 Å². The van der Waals surface area contributed by atoms with Crippen molar-refractivity contribution < 1.29 is 4.79 Å². The van der Waals surface area contributed by atoms with Crippen LogP contribution in [0.25, 0.3) is 0 Å². The molecule has 1 amide bonds. The summed E-state index contributed by atoms with van der Waals surface area (Å²) in [4.78, 5) is 12.8. The molecule has 0 saturated carbocycles. The van der Waals surface area contributed by atoms with Gasteiger partial charge in [0.15, 0.2) is 0 Å². The van der Waals surface area contributed by atoms with Gasteiger partial charge in [-0.2, -0.15) is 0 Å². The van der Waals surface area contributed by atoms with E-state index in [1.54, 1.807) is 0 Å². The Hall–Kier alpha value is -2.13. The van der Waals surface area contributed by atoms with E-state index in [-0.39, 0.29) is 17.5 Å². The first-order chi connectivity index (χ1) is 10.8. The van der Waals surface area contributed by atoms with Crippen molar-refractivity contribution in [2.45, 2.75) is 39.3 Å². The lowest BCUT2D eigenvalue weighted by atomic mass is 9.88. The Morgan fingerprint density at radius 3 is 2.30 bits per heavy atom. The van der Waals surface area contributed by atoms with E-state index in [2.05, 4.69) is 24.5 Å². The summed E-state index contributed by atoms with van der Waals surface area (Å²) in [5.74, 6) is -0.0385. The Bertz CT molecular complexity index is 677. The number of nitrogens with one attached hydrogen (secondary N) is 2. The van der Waals surface area contributed by atoms with Gasteiger partial charge in [-0.05, 0) is 51.9 Å². The molecule has 2 aromatic rings. The van der Waals surface area contributed by atoms with Crippen LogP contribution in [0.5, 0.6) is 0 Å². The Morgan fingerprint density at radius 2 is 1.70 bits per heavy atom. The van der Waals surface area contributed by atoms with Crippen LogP contribution in [0.4, 0.5) is 0 Å². The summed E-state index contributed by atoms with van der Waals surface area (Å²) < 4.78 is 0. The second kappa shape index (κ2) is 6.97. The minimum atomic E-state index is -0.269. The highest BCUT2D eigenvalue weighted by atomic mass is 16.1. The molecular weight excluding hydrogens is 284 g/mol. The van der Waals surface area contributed by atoms with Crippen LogP contribution in [-0.4, -0.2) is 18.5 Å². The van der Waals surface area contributed by atoms with Crippen LogP contribution in [0.15, 0.2) is 48.5 Å². The van der Waals surface area contributed by atoms with E-state index in [0.29, 0.717) is 0 Å². The van der Waals surface area contributed by atoms with Crippen molar-refractivity contribution in [3.05, 3.63) is 70.8 Å². The van der Waals surface area contributed by atoms with E-state index >= 15 is 0 Å². The Balaban J connectivity index is 2.35. The van der Waals surface area contributed by atoms with Crippen LogP contribution in [0, 0.1) is 13.8 Å². The molecule has 0 spiro atoms. The number of rotatable bonds is 5. The Kier molecular flexibility index (Phi) is 5.22. The zero-order valence-corrected chi connectivity index (χ0v) is 14.6. The van der Waals surface area contributed by atoms with Gasteiger partial charge in [-0.1, -0.05) is 48.0 Å². The highest BCUT2D eigenvalue weighted by molar-refractivity contribution is 5.96. The normalized spacial score (nSPS) is 12.7. The van der Waals surface area contributed by atoms with Gasteiger partial charge in [0, 0.05) is 11.1 Å². The smallest absolute Gasteiger partial charge is 0.252 e. The van der Waals surface area contributed by atoms with E-state index in [0.717, 1.165) is 22.3 Å². The highest BCUT2D eigenvalue weighted by Gasteiger charge is 2.31. The van der Waals surface area contributed by atoms with Gasteiger partial charge in [-0.15, -0.1) is 0 Å². The number of carbonyl (C=O) groups excluding carboxylic acids is 1. The quantitative estimate of drug-likeness (QED) is 0.882. The van der Waals surface area contributed by atoms with Gasteiger partial charge in [0.2, 0.25) is 0 Å². The minimum absolute atomic E-state index is 0.0385. The maximum Gasteiger partial charge on any atom is 0.252 e. The number of amides is 1.